The molecule has 0 aromatic heterocycles. The summed E-state index contributed by atoms with van der Waals surface area (Å²) in [7, 11) is 0. The normalized spacial score (nSPS) is 3.20. The van der Waals surface area contributed by atoms with Crippen molar-refractivity contribution in [2.45, 2.75) is 0 Å². The molecule has 0 radical (unpaired) electrons. The molecule has 0 amide bonds. The zero-order valence-corrected chi connectivity index (χ0v) is 3.91. The quantitative estimate of drug-likeness (QED) is 0.396. The van der Waals surface area contributed by atoms with Gasteiger partial charge in [0.15, 0.2) is 0 Å². The van der Waals surface area contributed by atoms with E-state index in [1.54, 1.807) is 0 Å². The van der Waals surface area contributed by atoms with Crippen molar-refractivity contribution in [1.82, 2.24) is 0 Å². The molecule has 0 atom stereocenters. The van der Waals surface area contributed by atoms with Gasteiger partial charge >= 0.3 is 24.2 Å². The van der Waals surface area contributed by atoms with Crippen LogP contribution in [0.25, 0.3) is 0 Å². The summed E-state index contributed by atoms with van der Waals surface area (Å²) in [6.45, 7) is 0. The van der Waals surface area contributed by atoms with Crippen molar-refractivity contribution in [2.75, 3.05) is 0 Å². The molecule has 0 heterocycles. The summed E-state index contributed by atoms with van der Waals surface area (Å²) in [5.41, 5.74) is 0. The fraction of sp³-hybridized carbons (Fsp3) is 0. The Bertz CT molecular complexity index is 24.6. The van der Waals surface area contributed by atoms with Crippen LogP contribution in [0.1, 0.15) is 0 Å². The van der Waals surface area contributed by atoms with Gasteiger partial charge < -0.3 is 11.0 Å². The molecule has 4 nitrogen and oxygen atoms in total. The Labute approximate surface area is 35.9 Å². The van der Waals surface area contributed by atoms with E-state index in [1.807, 2.05) is 0 Å². The zero-order valence-electron chi connectivity index (χ0n) is 2.17. The Morgan fingerprint density at radius 2 is 1.00 bits per heavy atom. The summed E-state index contributed by atoms with van der Waals surface area (Å²) >= 11 is -1.79. The van der Waals surface area contributed by atoms with Gasteiger partial charge in [-0.3, -0.25) is 0 Å². The molecule has 4 N–H and O–H groups in total. The first kappa shape index (κ1) is 19.2. The monoisotopic (exact) mass is 170 g/mol. The standard InChI is InChI=1S/2H2O.2O.Ru/h2*1H2;;;. The second kappa shape index (κ2) is 31.3. The average molecular weight is 169 g/mol. The minimum atomic E-state index is -1.79. The van der Waals surface area contributed by atoms with Gasteiger partial charge in [0.05, 0.1) is 0 Å². The first-order valence-electron chi connectivity index (χ1n) is 0.289. The molecule has 0 fully saturated rings. The number of hydrogen-bond donors (Lipinski definition) is 0. The Kier molecular flexibility index (Phi) is 120. The van der Waals surface area contributed by atoms with E-state index in [0.717, 1.165) is 0 Å². The molecule has 0 aliphatic heterocycles. The summed E-state index contributed by atoms with van der Waals surface area (Å²) in [6.07, 6.45) is 0. The van der Waals surface area contributed by atoms with Crippen molar-refractivity contribution >= 4 is 0 Å². The van der Waals surface area contributed by atoms with E-state index >= 15 is 0 Å². The summed E-state index contributed by atoms with van der Waals surface area (Å²) in [5, 5.41) is 0. The summed E-state index contributed by atoms with van der Waals surface area (Å²) in [5.74, 6) is 0. The Balaban J connectivity index is -0.0000000200. The summed E-state index contributed by atoms with van der Waals surface area (Å²) in [4.78, 5) is 0. The maximum absolute atomic E-state index is 8.46. The molecular weight excluding hydrogens is 165 g/mol. The van der Waals surface area contributed by atoms with Crippen LogP contribution in [-0.2, 0) is 24.2 Å². The second-order valence-electron chi connectivity index (χ2n) is 0.0589. The first-order valence-corrected chi connectivity index (χ1v) is 1.71. The Hall–Kier alpha value is 0.143. The van der Waals surface area contributed by atoms with Gasteiger partial charge in [0.25, 0.3) is 0 Å². The molecule has 0 bridgehead atoms. The van der Waals surface area contributed by atoms with Crippen molar-refractivity contribution < 1.29 is 35.1 Å². The third kappa shape index (κ3) is 926. The van der Waals surface area contributed by atoms with Crippen LogP contribution in [0.4, 0.5) is 0 Å². The molecule has 36 valence electrons. The minimum absolute atomic E-state index is 0. The van der Waals surface area contributed by atoms with Gasteiger partial charge in [-0.15, -0.1) is 0 Å². The molecule has 0 aliphatic rings. The van der Waals surface area contributed by atoms with Crippen molar-refractivity contribution in [3.05, 3.63) is 0 Å². The van der Waals surface area contributed by atoms with Crippen LogP contribution in [0.5, 0.6) is 0 Å². The van der Waals surface area contributed by atoms with Crippen molar-refractivity contribution in [1.29, 1.82) is 0 Å². The van der Waals surface area contributed by atoms with Gasteiger partial charge in [0.1, 0.15) is 0 Å². The molecule has 0 aliphatic carbocycles. The molecule has 0 saturated carbocycles. The van der Waals surface area contributed by atoms with Crippen LogP contribution in [0.15, 0.2) is 0 Å². The molecule has 5 heavy (non-hydrogen) atoms. The number of rotatable bonds is 0. The van der Waals surface area contributed by atoms with Crippen LogP contribution in [0.2, 0.25) is 0 Å². The van der Waals surface area contributed by atoms with E-state index < -0.39 is 17.0 Å². The van der Waals surface area contributed by atoms with Crippen molar-refractivity contribution in [2.24, 2.45) is 0 Å². The third-order valence-electron chi connectivity index (χ3n) is 0. The van der Waals surface area contributed by atoms with Gasteiger partial charge in [-0.1, -0.05) is 0 Å². The predicted molar refractivity (Wildman–Crippen MR) is 8.60 cm³/mol. The van der Waals surface area contributed by atoms with Gasteiger partial charge in [0.2, 0.25) is 0 Å². The van der Waals surface area contributed by atoms with E-state index in [9.17, 15) is 0 Å². The molecule has 0 unspecified atom stereocenters. The van der Waals surface area contributed by atoms with Crippen molar-refractivity contribution in [3.63, 3.8) is 0 Å². The molecular formula is H4O4Ru. The van der Waals surface area contributed by atoms with E-state index in [2.05, 4.69) is 0 Å². The van der Waals surface area contributed by atoms with Gasteiger partial charge in [0, 0.05) is 0 Å². The van der Waals surface area contributed by atoms with Crippen LogP contribution in [-0.4, -0.2) is 11.0 Å². The molecule has 0 aromatic rings. The SMILES string of the molecule is O.O.[O]=[Ru]=[O]. The summed E-state index contributed by atoms with van der Waals surface area (Å²) in [6, 6.07) is 0. The van der Waals surface area contributed by atoms with Crippen LogP contribution < -0.4 is 0 Å². The average Bonchev–Trinajstić information content (AvgIpc) is 0.918. The first-order chi connectivity index (χ1) is 1.41. The van der Waals surface area contributed by atoms with Gasteiger partial charge in [-0.05, 0) is 0 Å². The van der Waals surface area contributed by atoms with Crippen LogP contribution in [0.3, 0.4) is 0 Å². The topological polar surface area (TPSA) is 97.1 Å². The predicted octanol–water partition coefficient (Wildman–Crippen LogP) is -1.89. The van der Waals surface area contributed by atoms with E-state index in [-0.39, 0.29) is 11.0 Å². The van der Waals surface area contributed by atoms with E-state index in [0.29, 0.717) is 0 Å². The molecule has 0 spiro atoms. The second-order valence-corrected chi connectivity index (χ2v) is 0.349. The summed E-state index contributed by atoms with van der Waals surface area (Å²) < 4.78 is 16.9. The molecule has 0 rings (SSSR count). The van der Waals surface area contributed by atoms with Crippen molar-refractivity contribution in [3.8, 4) is 0 Å². The number of hydrogen-bond acceptors (Lipinski definition) is 2. The zero-order chi connectivity index (χ0) is 2.71. The Morgan fingerprint density at radius 3 is 1.00 bits per heavy atom. The molecule has 5 heteroatoms. The van der Waals surface area contributed by atoms with Gasteiger partial charge in [-0.25, -0.2) is 0 Å². The van der Waals surface area contributed by atoms with Gasteiger partial charge in [-0.2, -0.15) is 0 Å². The fourth-order valence-electron chi connectivity index (χ4n) is 0. The van der Waals surface area contributed by atoms with Crippen LogP contribution >= 0.6 is 0 Å². The van der Waals surface area contributed by atoms with E-state index in [4.69, 9.17) is 7.15 Å². The fourth-order valence-corrected chi connectivity index (χ4v) is 0. The Morgan fingerprint density at radius 1 is 1.00 bits per heavy atom. The third-order valence-corrected chi connectivity index (χ3v) is 0. The van der Waals surface area contributed by atoms with E-state index in [1.165, 1.54) is 0 Å². The molecule has 0 saturated heterocycles. The maximum atomic E-state index is 8.46. The van der Waals surface area contributed by atoms with Crippen LogP contribution in [0, 0.1) is 0 Å². The molecule has 0 aromatic carbocycles.